The molecule has 6 heteroatoms. The summed E-state index contributed by atoms with van der Waals surface area (Å²) < 4.78 is 5.51. The molecule has 2 aromatic heterocycles. The largest absolute Gasteiger partial charge is 0.444 e. The summed E-state index contributed by atoms with van der Waals surface area (Å²) in [4.78, 5) is 19.7. The van der Waals surface area contributed by atoms with Gasteiger partial charge in [0.25, 0.3) is 0 Å². The van der Waals surface area contributed by atoms with Gasteiger partial charge in [0, 0.05) is 12.2 Å². The lowest BCUT2D eigenvalue weighted by molar-refractivity contribution is -0.117. The van der Waals surface area contributed by atoms with E-state index in [1.807, 2.05) is 61.5 Å². The van der Waals surface area contributed by atoms with Gasteiger partial charge in [-0.3, -0.25) is 9.69 Å². The van der Waals surface area contributed by atoms with E-state index in [0.717, 1.165) is 27.4 Å². The molecule has 2 heterocycles. The lowest BCUT2D eigenvalue weighted by Gasteiger charge is -2.16. The first-order valence-corrected chi connectivity index (χ1v) is 8.94. The number of carbonyl (C=O) groups is 1. The molecule has 0 aliphatic heterocycles. The van der Waals surface area contributed by atoms with Crippen molar-refractivity contribution in [2.45, 2.75) is 20.4 Å². The quantitative estimate of drug-likeness (QED) is 0.723. The number of benzene rings is 1. The van der Waals surface area contributed by atoms with E-state index in [9.17, 15) is 4.79 Å². The van der Waals surface area contributed by atoms with Crippen molar-refractivity contribution in [1.82, 2.24) is 9.88 Å². The summed E-state index contributed by atoms with van der Waals surface area (Å²) in [5, 5.41) is 4.99. The molecule has 0 bridgehead atoms. The van der Waals surface area contributed by atoms with E-state index in [4.69, 9.17) is 4.42 Å². The number of thiophene rings is 1. The average Bonchev–Trinajstić information content (AvgIpc) is 3.22. The first-order chi connectivity index (χ1) is 12.0. The Morgan fingerprint density at radius 3 is 2.68 bits per heavy atom. The van der Waals surface area contributed by atoms with E-state index < -0.39 is 0 Å². The topological polar surface area (TPSA) is 58.4 Å². The second-order valence-electron chi connectivity index (χ2n) is 6.11. The van der Waals surface area contributed by atoms with Crippen LogP contribution in [0, 0.1) is 13.8 Å². The Morgan fingerprint density at radius 2 is 2.00 bits per heavy atom. The molecule has 0 radical (unpaired) electrons. The minimum Gasteiger partial charge on any atom is -0.444 e. The van der Waals surface area contributed by atoms with Gasteiger partial charge in [0.2, 0.25) is 11.8 Å². The molecule has 25 heavy (non-hydrogen) atoms. The number of carbonyl (C=O) groups excluding carboxylic acids is 1. The lowest BCUT2D eigenvalue weighted by atomic mass is 10.1. The van der Waals surface area contributed by atoms with Crippen molar-refractivity contribution >= 4 is 22.9 Å². The molecule has 5 nitrogen and oxygen atoms in total. The maximum Gasteiger partial charge on any atom is 0.238 e. The SMILES string of the molecule is Cc1cccc(C)c1NC(=O)CN(C)Cc1coc(-c2cccs2)n1. The number of nitrogens with zero attached hydrogens (tertiary/aromatic N) is 2. The van der Waals surface area contributed by atoms with E-state index in [-0.39, 0.29) is 12.5 Å². The normalized spacial score (nSPS) is 11.0. The van der Waals surface area contributed by atoms with Crippen LogP contribution in [0.5, 0.6) is 0 Å². The van der Waals surface area contributed by atoms with E-state index >= 15 is 0 Å². The van der Waals surface area contributed by atoms with Gasteiger partial charge in [0.15, 0.2) is 0 Å². The van der Waals surface area contributed by atoms with Crippen molar-refractivity contribution in [3.8, 4) is 10.8 Å². The van der Waals surface area contributed by atoms with Gasteiger partial charge in [-0.1, -0.05) is 24.3 Å². The van der Waals surface area contributed by atoms with Gasteiger partial charge in [-0.15, -0.1) is 11.3 Å². The molecule has 130 valence electrons. The number of anilines is 1. The van der Waals surface area contributed by atoms with Gasteiger partial charge in [0.1, 0.15) is 6.26 Å². The van der Waals surface area contributed by atoms with Gasteiger partial charge in [-0.2, -0.15) is 0 Å². The second kappa shape index (κ2) is 7.63. The van der Waals surface area contributed by atoms with Crippen LogP contribution in [0.2, 0.25) is 0 Å². The highest BCUT2D eigenvalue weighted by atomic mass is 32.1. The average molecular weight is 355 g/mol. The van der Waals surface area contributed by atoms with Crippen LogP contribution >= 0.6 is 11.3 Å². The molecule has 0 atom stereocenters. The molecule has 3 rings (SSSR count). The summed E-state index contributed by atoms with van der Waals surface area (Å²) >= 11 is 1.59. The van der Waals surface area contributed by atoms with Crippen LogP contribution in [0.1, 0.15) is 16.8 Å². The van der Waals surface area contributed by atoms with E-state index in [1.165, 1.54) is 0 Å². The van der Waals surface area contributed by atoms with Crippen LogP contribution in [-0.4, -0.2) is 29.4 Å². The Bertz CT molecular complexity index is 835. The van der Waals surface area contributed by atoms with E-state index in [1.54, 1.807) is 17.6 Å². The molecule has 0 fully saturated rings. The molecule has 1 aromatic carbocycles. The third-order valence-electron chi connectivity index (χ3n) is 3.87. The highest BCUT2D eigenvalue weighted by Gasteiger charge is 2.13. The third kappa shape index (κ3) is 4.35. The molecule has 0 spiro atoms. The minimum absolute atomic E-state index is 0.0399. The Kier molecular flexibility index (Phi) is 5.31. The number of aromatic nitrogens is 1. The van der Waals surface area contributed by atoms with Gasteiger partial charge in [-0.05, 0) is 43.5 Å². The van der Waals surface area contributed by atoms with Crippen molar-refractivity contribution in [1.29, 1.82) is 0 Å². The summed E-state index contributed by atoms with van der Waals surface area (Å²) in [6.07, 6.45) is 1.65. The monoisotopic (exact) mass is 355 g/mol. The fourth-order valence-electron chi connectivity index (χ4n) is 2.66. The molecule has 3 aromatic rings. The van der Waals surface area contributed by atoms with Gasteiger partial charge >= 0.3 is 0 Å². The van der Waals surface area contributed by atoms with Crippen molar-refractivity contribution < 1.29 is 9.21 Å². The number of rotatable bonds is 6. The number of likely N-dealkylation sites (N-methyl/N-ethyl adjacent to an activating group) is 1. The maximum atomic E-state index is 12.3. The summed E-state index contributed by atoms with van der Waals surface area (Å²) in [6, 6.07) is 9.92. The first-order valence-electron chi connectivity index (χ1n) is 8.06. The van der Waals surface area contributed by atoms with Crippen molar-refractivity contribution in [3.63, 3.8) is 0 Å². The number of para-hydroxylation sites is 1. The maximum absolute atomic E-state index is 12.3. The van der Waals surface area contributed by atoms with Crippen LogP contribution in [-0.2, 0) is 11.3 Å². The summed E-state index contributed by atoms with van der Waals surface area (Å²) in [6.45, 7) is 4.83. The number of nitrogens with one attached hydrogen (secondary N) is 1. The summed E-state index contributed by atoms with van der Waals surface area (Å²) in [7, 11) is 1.89. The molecule has 1 N–H and O–H groups in total. The summed E-state index contributed by atoms with van der Waals surface area (Å²) in [5.74, 6) is 0.584. The van der Waals surface area contributed by atoms with Crippen LogP contribution < -0.4 is 5.32 Å². The standard InChI is InChI=1S/C19H21N3O2S/c1-13-6-4-7-14(2)18(13)21-17(23)11-22(3)10-15-12-24-19(20-15)16-8-5-9-25-16/h4-9,12H,10-11H2,1-3H3,(H,21,23). The smallest absolute Gasteiger partial charge is 0.238 e. The Hall–Kier alpha value is -2.44. The van der Waals surface area contributed by atoms with E-state index in [0.29, 0.717) is 12.4 Å². The zero-order valence-corrected chi connectivity index (χ0v) is 15.4. The highest BCUT2D eigenvalue weighted by Crippen LogP contribution is 2.24. The second-order valence-corrected chi connectivity index (χ2v) is 7.06. The minimum atomic E-state index is -0.0399. The van der Waals surface area contributed by atoms with Crippen LogP contribution in [0.25, 0.3) is 10.8 Å². The molecule has 0 saturated carbocycles. The fourth-order valence-corrected chi connectivity index (χ4v) is 3.32. The predicted molar refractivity (Wildman–Crippen MR) is 101 cm³/mol. The number of hydrogen-bond donors (Lipinski definition) is 1. The number of amides is 1. The molecule has 1 amide bonds. The predicted octanol–water partition coefficient (Wildman–Crippen LogP) is 4.09. The molecule has 0 aliphatic rings. The first kappa shape index (κ1) is 17.4. The molecular weight excluding hydrogens is 334 g/mol. The van der Waals surface area contributed by atoms with Gasteiger partial charge in [-0.25, -0.2) is 4.98 Å². The fraction of sp³-hybridized carbons (Fsp3) is 0.263. The van der Waals surface area contributed by atoms with Gasteiger partial charge in [0.05, 0.1) is 17.1 Å². The van der Waals surface area contributed by atoms with Gasteiger partial charge < -0.3 is 9.73 Å². The van der Waals surface area contributed by atoms with Crippen LogP contribution in [0.4, 0.5) is 5.69 Å². The number of oxazole rings is 1. The Balaban J connectivity index is 1.57. The molecular formula is C19H21N3O2S. The Morgan fingerprint density at radius 1 is 1.24 bits per heavy atom. The molecule has 0 unspecified atom stereocenters. The Labute approximate surface area is 151 Å². The van der Waals surface area contributed by atoms with Crippen molar-refractivity contribution in [3.05, 3.63) is 58.8 Å². The van der Waals surface area contributed by atoms with Crippen molar-refractivity contribution in [2.24, 2.45) is 0 Å². The number of hydrogen-bond acceptors (Lipinski definition) is 5. The lowest BCUT2D eigenvalue weighted by Crippen LogP contribution is -2.30. The molecule has 0 aliphatic carbocycles. The molecule has 0 saturated heterocycles. The van der Waals surface area contributed by atoms with Crippen molar-refractivity contribution in [2.75, 3.05) is 18.9 Å². The summed E-state index contributed by atoms with van der Waals surface area (Å²) in [5.41, 5.74) is 3.83. The van der Waals surface area contributed by atoms with E-state index in [2.05, 4.69) is 10.3 Å². The van der Waals surface area contributed by atoms with Crippen LogP contribution in [0.3, 0.4) is 0 Å². The number of aryl methyl sites for hydroxylation is 2. The highest BCUT2D eigenvalue weighted by molar-refractivity contribution is 7.13. The third-order valence-corrected chi connectivity index (χ3v) is 4.73. The zero-order chi connectivity index (χ0) is 17.8. The zero-order valence-electron chi connectivity index (χ0n) is 14.6. The van der Waals surface area contributed by atoms with Crippen LogP contribution in [0.15, 0.2) is 46.4 Å².